The Bertz CT molecular complexity index is 492. The zero-order valence-electron chi connectivity index (χ0n) is 8.97. The monoisotopic (exact) mass is 304 g/mol. The van der Waals surface area contributed by atoms with E-state index in [1.165, 1.54) is 0 Å². The third-order valence-electron chi connectivity index (χ3n) is 1.91. The van der Waals surface area contributed by atoms with Gasteiger partial charge in [0.25, 0.3) is 11.7 Å². The van der Waals surface area contributed by atoms with Crippen molar-refractivity contribution in [3.8, 4) is 5.75 Å². The highest BCUT2D eigenvalue weighted by Gasteiger charge is 2.35. The van der Waals surface area contributed by atoms with Crippen molar-refractivity contribution in [2.24, 2.45) is 5.73 Å². The molecule has 0 saturated carbocycles. The zero-order valence-corrected chi connectivity index (χ0v) is 9.73. The molecular weight excluding hydrogens is 299 g/mol. The SMILES string of the molecule is NCc1cc(OC(F)(F)F)c(C(F)F)c(C(=O)Cl)n1. The molecule has 0 unspecified atom stereocenters. The highest BCUT2D eigenvalue weighted by molar-refractivity contribution is 6.67. The fraction of sp³-hybridized carbons (Fsp3) is 0.333. The summed E-state index contributed by atoms with van der Waals surface area (Å²) >= 11 is 5.01. The molecule has 0 fully saturated rings. The Morgan fingerprint density at radius 1 is 1.47 bits per heavy atom. The van der Waals surface area contributed by atoms with Crippen LogP contribution in [-0.2, 0) is 6.54 Å². The van der Waals surface area contributed by atoms with E-state index in [-0.39, 0.29) is 12.2 Å². The largest absolute Gasteiger partial charge is 0.573 e. The molecule has 0 aliphatic rings. The van der Waals surface area contributed by atoms with Crippen LogP contribution in [0.25, 0.3) is 0 Å². The summed E-state index contributed by atoms with van der Waals surface area (Å²) in [5.74, 6) is -1.25. The number of pyridine rings is 1. The number of carbonyl (C=O) groups is 1. The highest BCUT2D eigenvalue weighted by atomic mass is 35.5. The third kappa shape index (κ3) is 4.00. The van der Waals surface area contributed by atoms with Crippen molar-refractivity contribution in [3.63, 3.8) is 0 Å². The van der Waals surface area contributed by atoms with Gasteiger partial charge in [0.2, 0.25) is 0 Å². The molecule has 0 atom stereocenters. The van der Waals surface area contributed by atoms with Gasteiger partial charge in [0, 0.05) is 12.6 Å². The van der Waals surface area contributed by atoms with E-state index in [2.05, 4.69) is 9.72 Å². The van der Waals surface area contributed by atoms with Crippen molar-refractivity contribution >= 4 is 16.8 Å². The molecule has 4 nitrogen and oxygen atoms in total. The summed E-state index contributed by atoms with van der Waals surface area (Å²) in [6.45, 7) is -0.380. The number of hydrogen-bond donors (Lipinski definition) is 1. The van der Waals surface area contributed by atoms with Gasteiger partial charge in [-0.1, -0.05) is 0 Å². The van der Waals surface area contributed by atoms with Crippen LogP contribution in [0.3, 0.4) is 0 Å². The summed E-state index contributed by atoms with van der Waals surface area (Å²) in [4.78, 5) is 14.3. The van der Waals surface area contributed by atoms with E-state index in [9.17, 15) is 26.7 Å². The number of halogens is 6. The van der Waals surface area contributed by atoms with Crippen molar-refractivity contribution in [1.82, 2.24) is 4.98 Å². The summed E-state index contributed by atoms with van der Waals surface area (Å²) in [6, 6.07) is 0.582. The van der Waals surface area contributed by atoms with Gasteiger partial charge in [0.1, 0.15) is 11.4 Å². The quantitative estimate of drug-likeness (QED) is 0.686. The second kappa shape index (κ2) is 5.66. The number of aromatic nitrogens is 1. The van der Waals surface area contributed by atoms with E-state index in [0.717, 1.165) is 0 Å². The minimum absolute atomic E-state index is 0.243. The number of ether oxygens (including phenoxy) is 1. The summed E-state index contributed by atoms with van der Waals surface area (Å²) in [5.41, 5.74) is 2.55. The van der Waals surface area contributed by atoms with Crippen molar-refractivity contribution < 1.29 is 31.5 Å². The van der Waals surface area contributed by atoms with Crippen molar-refractivity contribution in [2.75, 3.05) is 0 Å². The smallest absolute Gasteiger partial charge is 0.405 e. The lowest BCUT2D eigenvalue weighted by molar-refractivity contribution is -0.275. The van der Waals surface area contributed by atoms with E-state index in [0.29, 0.717) is 6.07 Å². The van der Waals surface area contributed by atoms with Crippen LogP contribution in [0, 0.1) is 0 Å². The molecule has 19 heavy (non-hydrogen) atoms. The number of nitrogens with two attached hydrogens (primary N) is 1. The van der Waals surface area contributed by atoms with Gasteiger partial charge in [-0.2, -0.15) is 0 Å². The van der Waals surface area contributed by atoms with Gasteiger partial charge in [-0.15, -0.1) is 13.2 Å². The minimum atomic E-state index is -5.20. The first kappa shape index (κ1) is 15.6. The molecule has 0 saturated heterocycles. The van der Waals surface area contributed by atoms with Crippen molar-refractivity contribution in [2.45, 2.75) is 19.3 Å². The molecule has 0 aliphatic carbocycles. The lowest BCUT2D eigenvalue weighted by Gasteiger charge is -2.15. The first-order valence-corrected chi connectivity index (χ1v) is 5.01. The number of rotatable bonds is 4. The molecular formula is C9H6ClF5N2O2. The van der Waals surface area contributed by atoms with Gasteiger partial charge < -0.3 is 10.5 Å². The van der Waals surface area contributed by atoms with E-state index in [1.807, 2.05) is 0 Å². The van der Waals surface area contributed by atoms with Crippen molar-refractivity contribution in [1.29, 1.82) is 0 Å². The second-order valence-electron chi connectivity index (χ2n) is 3.20. The van der Waals surface area contributed by atoms with E-state index < -0.39 is 35.0 Å². The lowest BCUT2D eigenvalue weighted by atomic mass is 10.1. The maximum Gasteiger partial charge on any atom is 0.573 e. The summed E-state index contributed by atoms with van der Waals surface area (Å²) < 4.78 is 65.3. The van der Waals surface area contributed by atoms with Gasteiger partial charge in [0.15, 0.2) is 0 Å². The second-order valence-corrected chi connectivity index (χ2v) is 3.54. The summed E-state index contributed by atoms with van der Waals surface area (Å²) in [6.07, 6.45) is -8.63. The number of alkyl halides is 5. The molecule has 10 heteroatoms. The standard InChI is InChI=1S/C9H6ClF5N2O2/c10-7(18)6-5(8(11)12)4(19-9(13,14)15)1-3(2-16)17-6/h1,8H,2,16H2. The maximum atomic E-state index is 12.7. The molecule has 0 radical (unpaired) electrons. The summed E-state index contributed by atoms with van der Waals surface area (Å²) in [5, 5.41) is -1.43. The zero-order chi connectivity index (χ0) is 14.8. The Morgan fingerprint density at radius 3 is 2.42 bits per heavy atom. The van der Waals surface area contributed by atoms with E-state index in [4.69, 9.17) is 17.3 Å². The van der Waals surface area contributed by atoms with Gasteiger partial charge in [-0.3, -0.25) is 4.79 Å². The first-order chi connectivity index (χ1) is 8.65. The molecule has 1 aromatic rings. The molecule has 1 aromatic heterocycles. The third-order valence-corrected chi connectivity index (χ3v) is 2.09. The Balaban J connectivity index is 3.48. The van der Waals surface area contributed by atoms with Crippen LogP contribution in [-0.4, -0.2) is 16.6 Å². The Hall–Kier alpha value is -1.48. The average Bonchev–Trinajstić information content (AvgIpc) is 2.24. The first-order valence-electron chi connectivity index (χ1n) is 4.63. The van der Waals surface area contributed by atoms with Gasteiger partial charge in [-0.05, 0) is 11.6 Å². The number of hydrogen-bond acceptors (Lipinski definition) is 4. The molecule has 1 rings (SSSR count). The normalized spacial score (nSPS) is 11.8. The topological polar surface area (TPSA) is 65.2 Å². The van der Waals surface area contributed by atoms with Crippen LogP contribution in [0.1, 0.15) is 28.2 Å². The molecule has 0 aromatic carbocycles. The van der Waals surface area contributed by atoms with Gasteiger partial charge >= 0.3 is 6.36 Å². The Kier molecular flexibility index (Phi) is 4.64. The van der Waals surface area contributed by atoms with E-state index in [1.54, 1.807) is 0 Å². The summed E-state index contributed by atoms with van der Waals surface area (Å²) in [7, 11) is 0. The predicted octanol–water partition coefficient (Wildman–Crippen LogP) is 2.76. The minimum Gasteiger partial charge on any atom is -0.405 e. The fourth-order valence-corrected chi connectivity index (χ4v) is 1.40. The number of carbonyl (C=O) groups excluding carboxylic acids is 1. The van der Waals surface area contributed by atoms with Crippen molar-refractivity contribution in [3.05, 3.63) is 23.0 Å². The van der Waals surface area contributed by atoms with Crippen LogP contribution in [0.5, 0.6) is 5.75 Å². The molecule has 2 N–H and O–H groups in total. The van der Waals surface area contributed by atoms with Crippen LogP contribution in [0.4, 0.5) is 22.0 Å². The van der Waals surface area contributed by atoms with Crippen LogP contribution >= 0.6 is 11.6 Å². The average molecular weight is 305 g/mol. The molecule has 106 valence electrons. The Morgan fingerprint density at radius 2 is 2.05 bits per heavy atom. The molecule has 0 bridgehead atoms. The number of nitrogens with zero attached hydrogens (tertiary/aromatic N) is 1. The maximum absolute atomic E-state index is 12.7. The fourth-order valence-electron chi connectivity index (χ4n) is 1.26. The van der Waals surface area contributed by atoms with E-state index >= 15 is 0 Å². The van der Waals surface area contributed by atoms with Crippen LogP contribution < -0.4 is 10.5 Å². The predicted molar refractivity (Wildman–Crippen MR) is 54.0 cm³/mol. The van der Waals surface area contributed by atoms with Crippen LogP contribution in [0.2, 0.25) is 0 Å². The molecule has 0 spiro atoms. The molecule has 0 amide bonds. The van der Waals surface area contributed by atoms with Crippen LogP contribution in [0.15, 0.2) is 6.07 Å². The van der Waals surface area contributed by atoms with Gasteiger partial charge in [-0.25, -0.2) is 13.8 Å². The molecule has 0 aliphatic heterocycles. The highest BCUT2D eigenvalue weighted by Crippen LogP contribution is 2.35. The molecule has 1 heterocycles. The lowest BCUT2D eigenvalue weighted by Crippen LogP contribution is -2.20. The Labute approximate surface area is 108 Å². The van der Waals surface area contributed by atoms with Gasteiger partial charge in [0.05, 0.1) is 11.3 Å².